The lowest BCUT2D eigenvalue weighted by atomic mass is 9.74. The van der Waals surface area contributed by atoms with E-state index in [4.69, 9.17) is 10.6 Å². The van der Waals surface area contributed by atoms with Gasteiger partial charge in [0.15, 0.2) is 0 Å². The summed E-state index contributed by atoms with van der Waals surface area (Å²) in [5.74, 6) is 5.76. The van der Waals surface area contributed by atoms with E-state index >= 15 is 0 Å². The van der Waals surface area contributed by atoms with E-state index in [1.54, 1.807) is 0 Å². The van der Waals surface area contributed by atoms with Crippen LogP contribution in [0.15, 0.2) is 18.2 Å². The first-order valence-electron chi connectivity index (χ1n) is 6.69. The zero-order valence-corrected chi connectivity index (χ0v) is 11.6. The fourth-order valence-electron chi connectivity index (χ4n) is 2.84. The van der Waals surface area contributed by atoms with E-state index in [0.29, 0.717) is 0 Å². The second kappa shape index (κ2) is 5.39. The predicted octanol–water partition coefficient (Wildman–Crippen LogP) is 2.77. The molecule has 1 atom stereocenters. The topological polar surface area (TPSA) is 47.3 Å². The Labute approximate surface area is 110 Å². The molecule has 3 nitrogen and oxygen atoms in total. The number of nitrogens with two attached hydrogens (primary N) is 1. The van der Waals surface area contributed by atoms with Gasteiger partial charge in [-0.2, -0.15) is 0 Å². The zero-order chi connectivity index (χ0) is 13.2. The number of hydrogen-bond donors (Lipinski definition) is 2. The highest BCUT2D eigenvalue weighted by Crippen LogP contribution is 2.42. The summed E-state index contributed by atoms with van der Waals surface area (Å²) in [6.45, 7) is 4.30. The maximum absolute atomic E-state index is 5.76. The fourth-order valence-corrected chi connectivity index (χ4v) is 2.84. The second-order valence-electron chi connectivity index (χ2n) is 5.45. The largest absolute Gasteiger partial charge is 0.378 e. The lowest BCUT2D eigenvalue weighted by molar-refractivity contribution is -0.0838. The molecule has 0 aliphatic heterocycles. The summed E-state index contributed by atoms with van der Waals surface area (Å²) >= 11 is 0. The molecule has 0 saturated heterocycles. The fraction of sp³-hybridized carbons (Fsp3) is 0.600. The normalized spacial score (nSPS) is 19.3. The number of ether oxygens (including phenoxy) is 1. The summed E-state index contributed by atoms with van der Waals surface area (Å²) in [5, 5.41) is 0. The molecular formula is C15H24N2O. The van der Waals surface area contributed by atoms with Crippen molar-refractivity contribution in [2.75, 3.05) is 7.11 Å². The number of hydrazine groups is 1. The standard InChI is InChI=1S/C15H24N2O/c1-11-6-4-7-13(12(11)2)14(17-16)10-15(18-3)8-5-9-15/h4,6-7,14,17H,5,8-10,16H2,1-3H3. The smallest absolute Gasteiger partial charge is 0.0697 e. The van der Waals surface area contributed by atoms with E-state index in [1.807, 2.05) is 7.11 Å². The molecule has 0 spiro atoms. The number of aryl methyl sites for hydroxylation is 1. The summed E-state index contributed by atoms with van der Waals surface area (Å²) in [5.41, 5.74) is 6.93. The minimum atomic E-state index is 0.0349. The number of nitrogens with one attached hydrogen (secondary N) is 1. The maximum Gasteiger partial charge on any atom is 0.0697 e. The van der Waals surface area contributed by atoms with Crippen molar-refractivity contribution in [1.82, 2.24) is 5.43 Å². The Kier molecular flexibility index (Phi) is 4.05. The third-order valence-corrected chi connectivity index (χ3v) is 4.50. The molecule has 0 aromatic heterocycles. The highest BCUT2D eigenvalue weighted by atomic mass is 16.5. The van der Waals surface area contributed by atoms with Crippen LogP contribution in [-0.4, -0.2) is 12.7 Å². The molecule has 2 rings (SSSR count). The first-order chi connectivity index (χ1) is 8.62. The van der Waals surface area contributed by atoms with E-state index in [0.717, 1.165) is 19.3 Å². The molecule has 100 valence electrons. The van der Waals surface area contributed by atoms with Crippen LogP contribution < -0.4 is 11.3 Å². The second-order valence-corrected chi connectivity index (χ2v) is 5.45. The summed E-state index contributed by atoms with van der Waals surface area (Å²) in [6, 6.07) is 6.57. The van der Waals surface area contributed by atoms with Crippen molar-refractivity contribution in [2.45, 2.75) is 51.2 Å². The van der Waals surface area contributed by atoms with Crippen LogP contribution in [0.1, 0.15) is 48.4 Å². The van der Waals surface area contributed by atoms with Gasteiger partial charge in [0.1, 0.15) is 0 Å². The highest BCUT2D eigenvalue weighted by Gasteiger charge is 2.39. The summed E-state index contributed by atoms with van der Waals surface area (Å²) in [7, 11) is 1.82. The maximum atomic E-state index is 5.76. The monoisotopic (exact) mass is 248 g/mol. The molecule has 1 aromatic rings. The van der Waals surface area contributed by atoms with Crippen molar-refractivity contribution in [3.63, 3.8) is 0 Å². The van der Waals surface area contributed by atoms with E-state index in [2.05, 4.69) is 37.5 Å². The molecule has 0 bridgehead atoms. The Hall–Kier alpha value is -0.900. The minimum absolute atomic E-state index is 0.0349. The van der Waals surface area contributed by atoms with Gasteiger partial charge >= 0.3 is 0 Å². The molecule has 1 aliphatic rings. The van der Waals surface area contributed by atoms with Gasteiger partial charge in [-0.3, -0.25) is 11.3 Å². The van der Waals surface area contributed by atoms with Crippen LogP contribution in [0, 0.1) is 13.8 Å². The molecular weight excluding hydrogens is 224 g/mol. The van der Waals surface area contributed by atoms with Crippen LogP contribution in [-0.2, 0) is 4.74 Å². The van der Waals surface area contributed by atoms with Crippen LogP contribution in [0.25, 0.3) is 0 Å². The zero-order valence-electron chi connectivity index (χ0n) is 11.6. The van der Waals surface area contributed by atoms with E-state index in [9.17, 15) is 0 Å². The number of benzene rings is 1. The predicted molar refractivity (Wildman–Crippen MR) is 74.2 cm³/mol. The SMILES string of the molecule is COC1(CC(NN)c2cccc(C)c2C)CCC1. The first-order valence-corrected chi connectivity index (χ1v) is 6.69. The quantitative estimate of drug-likeness (QED) is 0.622. The lowest BCUT2D eigenvalue weighted by Gasteiger charge is -2.43. The number of rotatable bonds is 5. The van der Waals surface area contributed by atoms with Crippen molar-refractivity contribution < 1.29 is 4.74 Å². The number of methoxy groups -OCH3 is 1. The molecule has 1 fully saturated rings. The Bertz CT molecular complexity index is 407. The van der Waals surface area contributed by atoms with Gasteiger partial charge in [0.2, 0.25) is 0 Å². The molecule has 1 aromatic carbocycles. The van der Waals surface area contributed by atoms with Gasteiger partial charge in [0.05, 0.1) is 5.60 Å². The summed E-state index contributed by atoms with van der Waals surface area (Å²) in [6.07, 6.45) is 4.50. The van der Waals surface area contributed by atoms with Gasteiger partial charge in [-0.1, -0.05) is 18.2 Å². The molecule has 0 amide bonds. The van der Waals surface area contributed by atoms with E-state index < -0.39 is 0 Å². The third-order valence-electron chi connectivity index (χ3n) is 4.50. The summed E-state index contributed by atoms with van der Waals surface area (Å²) in [4.78, 5) is 0. The van der Waals surface area contributed by atoms with Crippen molar-refractivity contribution in [1.29, 1.82) is 0 Å². The van der Waals surface area contributed by atoms with Crippen LogP contribution in [0.5, 0.6) is 0 Å². The van der Waals surface area contributed by atoms with Crippen LogP contribution >= 0.6 is 0 Å². The van der Waals surface area contributed by atoms with Gasteiger partial charge in [-0.05, 0) is 56.2 Å². The molecule has 18 heavy (non-hydrogen) atoms. The van der Waals surface area contributed by atoms with Crippen molar-refractivity contribution in [3.8, 4) is 0 Å². The van der Waals surface area contributed by atoms with Crippen molar-refractivity contribution in [3.05, 3.63) is 34.9 Å². The molecule has 0 radical (unpaired) electrons. The van der Waals surface area contributed by atoms with Crippen LogP contribution in [0.3, 0.4) is 0 Å². The van der Waals surface area contributed by atoms with Gasteiger partial charge in [0.25, 0.3) is 0 Å². The van der Waals surface area contributed by atoms with Crippen molar-refractivity contribution >= 4 is 0 Å². The Morgan fingerprint density at radius 3 is 2.61 bits per heavy atom. The van der Waals surface area contributed by atoms with Crippen molar-refractivity contribution in [2.24, 2.45) is 5.84 Å². The van der Waals surface area contributed by atoms with E-state index in [-0.39, 0.29) is 11.6 Å². The molecule has 0 heterocycles. The van der Waals surface area contributed by atoms with Gasteiger partial charge in [0, 0.05) is 13.2 Å². The average Bonchev–Trinajstić information content (AvgIpc) is 2.33. The van der Waals surface area contributed by atoms with E-state index in [1.165, 1.54) is 23.1 Å². The molecule has 1 saturated carbocycles. The van der Waals surface area contributed by atoms with Gasteiger partial charge in [-0.25, -0.2) is 0 Å². The lowest BCUT2D eigenvalue weighted by Crippen LogP contribution is -2.44. The average molecular weight is 248 g/mol. The highest BCUT2D eigenvalue weighted by molar-refractivity contribution is 5.35. The van der Waals surface area contributed by atoms with Crippen LogP contribution in [0.4, 0.5) is 0 Å². The molecule has 1 aliphatic carbocycles. The van der Waals surface area contributed by atoms with Gasteiger partial charge in [-0.15, -0.1) is 0 Å². The third kappa shape index (κ3) is 2.44. The number of hydrogen-bond acceptors (Lipinski definition) is 3. The van der Waals surface area contributed by atoms with Gasteiger partial charge < -0.3 is 4.74 Å². The molecule has 1 unspecified atom stereocenters. The Morgan fingerprint density at radius 2 is 2.11 bits per heavy atom. The minimum Gasteiger partial charge on any atom is -0.378 e. The summed E-state index contributed by atoms with van der Waals surface area (Å²) < 4.78 is 5.70. The molecule has 3 heteroatoms. The first kappa shape index (κ1) is 13.5. The Balaban J connectivity index is 2.20. The van der Waals surface area contributed by atoms with Crippen LogP contribution in [0.2, 0.25) is 0 Å². The molecule has 3 N–H and O–H groups in total. The Morgan fingerprint density at radius 1 is 1.39 bits per heavy atom.